The minimum absolute atomic E-state index is 0.147. The highest BCUT2D eigenvalue weighted by atomic mass is 16.5. The summed E-state index contributed by atoms with van der Waals surface area (Å²) in [7, 11) is 0. The molecular weight excluding hydrogens is 244 g/mol. The summed E-state index contributed by atoms with van der Waals surface area (Å²) in [6.45, 7) is 3.95. The first-order valence-corrected chi connectivity index (χ1v) is 6.03. The lowest BCUT2D eigenvalue weighted by atomic mass is 10.2. The summed E-state index contributed by atoms with van der Waals surface area (Å²) >= 11 is 0. The molecule has 2 rings (SSSR count). The molecule has 1 heterocycles. The molecule has 0 saturated carbocycles. The van der Waals surface area contributed by atoms with Gasteiger partial charge in [-0.25, -0.2) is 9.48 Å². The third-order valence-electron chi connectivity index (χ3n) is 2.44. The summed E-state index contributed by atoms with van der Waals surface area (Å²) in [6.07, 6.45) is 1.58. The summed E-state index contributed by atoms with van der Waals surface area (Å²) in [5, 5.41) is 7.86. The topological polar surface area (TPSA) is 83.0 Å². The van der Waals surface area contributed by atoms with Crippen LogP contribution >= 0.6 is 0 Å². The van der Waals surface area contributed by atoms with E-state index >= 15 is 0 Å². The number of carbonyl (C=O) groups is 1. The fourth-order valence-corrected chi connectivity index (χ4v) is 1.58. The van der Waals surface area contributed by atoms with Gasteiger partial charge in [-0.1, -0.05) is 11.3 Å². The SMILES string of the molecule is CC(C)OC(=O)c1cccc(-n2cc(CN)nn2)c1. The zero-order valence-electron chi connectivity index (χ0n) is 10.9. The van der Waals surface area contributed by atoms with Gasteiger partial charge in [0.15, 0.2) is 0 Å². The van der Waals surface area contributed by atoms with Gasteiger partial charge in [0.25, 0.3) is 0 Å². The highest BCUT2D eigenvalue weighted by Crippen LogP contribution is 2.11. The van der Waals surface area contributed by atoms with Gasteiger partial charge in [-0.3, -0.25) is 0 Å². The van der Waals surface area contributed by atoms with Crippen molar-refractivity contribution >= 4 is 5.97 Å². The second-order valence-electron chi connectivity index (χ2n) is 4.36. The molecule has 0 bridgehead atoms. The molecule has 1 aromatic carbocycles. The van der Waals surface area contributed by atoms with Crippen LogP contribution in [0.5, 0.6) is 0 Å². The number of ether oxygens (including phenoxy) is 1. The molecule has 6 nitrogen and oxygen atoms in total. The number of benzene rings is 1. The fraction of sp³-hybridized carbons (Fsp3) is 0.308. The van der Waals surface area contributed by atoms with Gasteiger partial charge in [-0.05, 0) is 32.0 Å². The van der Waals surface area contributed by atoms with Crippen LogP contribution in [-0.4, -0.2) is 27.1 Å². The number of nitrogens with two attached hydrogens (primary N) is 1. The maximum atomic E-state index is 11.8. The lowest BCUT2D eigenvalue weighted by molar-refractivity contribution is 0.0378. The van der Waals surface area contributed by atoms with Crippen molar-refractivity contribution in [3.05, 3.63) is 41.7 Å². The Morgan fingerprint density at radius 3 is 2.89 bits per heavy atom. The summed E-state index contributed by atoms with van der Waals surface area (Å²) in [6, 6.07) is 7.02. The molecule has 0 saturated heterocycles. The molecule has 0 aliphatic heterocycles. The molecule has 0 unspecified atom stereocenters. The van der Waals surface area contributed by atoms with Gasteiger partial charge in [-0.15, -0.1) is 5.10 Å². The molecule has 2 N–H and O–H groups in total. The Kier molecular flexibility index (Phi) is 3.91. The molecular formula is C13H16N4O2. The Morgan fingerprint density at radius 2 is 2.26 bits per heavy atom. The molecule has 0 aliphatic rings. The maximum Gasteiger partial charge on any atom is 0.338 e. The molecule has 0 spiro atoms. The average molecular weight is 260 g/mol. The van der Waals surface area contributed by atoms with Crippen LogP contribution in [0.25, 0.3) is 5.69 Å². The lowest BCUT2D eigenvalue weighted by Crippen LogP contribution is -2.12. The fourth-order valence-electron chi connectivity index (χ4n) is 1.58. The van der Waals surface area contributed by atoms with E-state index in [0.717, 1.165) is 5.69 Å². The van der Waals surface area contributed by atoms with Crippen molar-refractivity contribution < 1.29 is 9.53 Å². The molecule has 100 valence electrons. The van der Waals surface area contributed by atoms with E-state index in [-0.39, 0.29) is 12.1 Å². The Bertz CT molecular complexity index is 578. The second-order valence-corrected chi connectivity index (χ2v) is 4.36. The first kappa shape index (κ1) is 13.2. The van der Waals surface area contributed by atoms with Crippen LogP contribution in [-0.2, 0) is 11.3 Å². The van der Waals surface area contributed by atoms with Crippen molar-refractivity contribution in [1.82, 2.24) is 15.0 Å². The molecule has 1 aromatic heterocycles. The zero-order valence-corrected chi connectivity index (χ0v) is 10.9. The van der Waals surface area contributed by atoms with Crippen molar-refractivity contribution in [1.29, 1.82) is 0 Å². The third kappa shape index (κ3) is 3.17. The second kappa shape index (κ2) is 5.62. The van der Waals surface area contributed by atoms with Crippen LogP contribution in [0.4, 0.5) is 0 Å². The summed E-state index contributed by atoms with van der Waals surface area (Å²) in [4.78, 5) is 11.8. The summed E-state index contributed by atoms with van der Waals surface area (Å²) < 4.78 is 6.73. The van der Waals surface area contributed by atoms with Crippen molar-refractivity contribution in [2.75, 3.05) is 0 Å². The Morgan fingerprint density at radius 1 is 1.47 bits per heavy atom. The van der Waals surface area contributed by atoms with Crippen LogP contribution in [0.2, 0.25) is 0 Å². The Balaban J connectivity index is 2.26. The van der Waals surface area contributed by atoms with Crippen LogP contribution in [0, 0.1) is 0 Å². The van der Waals surface area contributed by atoms with Gasteiger partial charge in [0.05, 0.1) is 29.2 Å². The predicted molar refractivity (Wildman–Crippen MR) is 69.8 cm³/mol. The smallest absolute Gasteiger partial charge is 0.338 e. The standard InChI is InChI=1S/C13H16N4O2/c1-9(2)19-13(18)10-4-3-5-12(6-10)17-8-11(7-14)15-16-17/h3-6,8-9H,7,14H2,1-2H3. The van der Waals surface area contributed by atoms with Crippen molar-refractivity contribution in [2.45, 2.75) is 26.5 Å². The van der Waals surface area contributed by atoms with Crippen LogP contribution < -0.4 is 5.73 Å². The van der Waals surface area contributed by atoms with Crippen molar-refractivity contribution in [3.63, 3.8) is 0 Å². The van der Waals surface area contributed by atoms with E-state index in [0.29, 0.717) is 17.8 Å². The number of rotatable bonds is 4. The lowest BCUT2D eigenvalue weighted by Gasteiger charge is -2.08. The highest BCUT2D eigenvalue weighted by molar-refractivity contribution is 5.90. The van der Waals surface area contributed by atoms with Gasteiger partial charge in [-0.2, -0.15) is 0 Å². The Labute approximate surface area is 111 Å². The number of esters is 1. The highest BCUT2D eigenvalue weighted by Gasteiger charge is 2.10. The van der Waals surface area contributed by atoms with E-state index in [2.05, 4.69) is 10.3 Å². The normalized spacial score (nSPS) is 10.7. The largest absolute Gasteiger partial charge is 0.459 e. The predicted octanol–water partition coefficient (Wildman–Crippen LogP) is 1.29. The van der Waals surface area contributed by atoms with Gasteiger partial charge in [0, 0.05) is 6.54 Å². The molecule has 19 heavy (non-hydrogen) atoms. The van der Waals surface area contributed by atoms with Crippen LogP contribution in [0.1, 0.15) is 29.9 Å². The van der Waals surface area contributed by atoms with E-state index in [1.165, 1.54) is 0 Å². The molecule has 2 aromatic rings. The number of hydrogen-bond donors (Lipinski definition) is 1. The van der Waals surface area contributed by atoms with Gasteiger partial charge in [0.1, 0.15) is 0 Å². The molecule has 0 fully saturated rings. The third-order valence-corrected chi connectivity index (χ3v) is 2.44. The number of hydrogen-bond acceptors (Lipinski definition) is 5. The van der Waals surface area contributed by atoms with E-state index in [9.17, 15) is 4.79 Å². The van der Waals surface area contributed by atoms with Crippen molar-refractivity contribution in [2.24, 2.45) is 5.73 Å². The quantitative estimate of drug-likeness (QED) is 0.837. The van der Waals surface area contributed by atoms with E-state index < -0.39 is 0 Å². The maximum absolute atomic E-state index is 11.8. The monoisotopic (exact) mass is 260 g/mol. The van der Waals surface area contributed by atoms with E-state index in [1.807, 2.05) is 19.9 Å². The summed E-state index contributed by atoms with van der Waals surface area (Å²) in [5.74, 6) is -0.351. The Hall–Kier alpha value is -2.21. The number of nitrogens with zero attached hydrogens (tertiary/aromatic N) is 3. The summed E-state index contributed by atoms with van der Waals surface area (Å²) in [5.41, 5.74) is 7.40. The van der Waals surface area contributed by atoms with Gasteiger partial charge < -0.3 is 10.5 Å². The number of aromatic nitrogens is 3. The minimum Gasteiger partial charge on any atom is -0.459 e. The minimum atomic E-state index is -0.351. The molecule has 0 atom stereocenters. The number of carbonyl (C=O) groups excluding carboxylic acids is 1. The molecule has 0 radical (unpaired) electrons. The van der Waals surface area contributed by atoms with Gasteiger partial charge >= 0.3 is 5.97 Å². The van der Waals surface area contributed by atoms with E-state index in [4.69, 9.17) is 10.5 Å². The van der Waals surface area contributed by atoms with Gasteiger partial charge in [0.2, 0.25) is 0 Å². The van der Waals surface area contributed by atoms with Crippen molar-refractivity contribution in [3.8, 4) is 5.69 Å². The molecule has 0 amide bonds. The first-order valence-electron chi connectivity index (χ1n) is 6.03. The first-order chi connectivity index (χ1) is 9.10. The van der Waals surface area contributed by atoms with Crippen LogP contribution in [0.3, 0.4) is 0 Å². The molecule has 6 heteroatoms. The zero-order chi connectivity index (χ0) is 13.8. The van der Waals surface area contributed by atoms with Crippen LogP contribution in [0.15, 0.2) is 30.5 Å². The molecule has 0 aliphatic carbocycles. The average Bonchev–Trinajstić information content (AvgIpc) is 2.87. The van der Waals surface area contributed by atoms with E-state index in [1.54, 1.807) is 29.1 Å².